The van der Waals surface area contributed by atoms with Gasteiger partial charge in [-0.05, 0) is 24.8 Å². The number of hydrogen-bond acceptors (Lipinski definition) is 3. The summed E-state index contributed by atoms with van der Waals surface area (Å²) in [6, 6.07) is 0. The maximum absolute atomic E-state index is 4.71. The van der Waals surface area contributed by atoms with E-state index in [1.54, 1.807) is 0 Å². The summed E-state index contributed by atoms with van der Waals surface area (Å²) < 4.78 is 0. The Balaban J connectivity index is 2.76. The molecule has 0 spiro atoms. The van der Waals surface area contributed by atoms with Crippen molar-refractivity contribution in [2.45, 2.75) is 59.9 Å². The lowest BCUT2D eigenvalue weighted by Crippen LogP contribution is -2.21. The fraction of sp³-hybridized carbons (Fsp3) is 0.733. The maximum Gasteiger partial charge on any atom is 0.128 e. The zero-order valence-electron chi connectivity index (χ0n) is 12.5. The molecule has 1 aromatic heterocycles. The molecule has 1 N–H and O–H groups in total. The lowest BCUT2D eigenvalue weighted by Gasteiger charge is -2.14. The minimum Gasteiger partial charge on any atom is -0.312 e. The van der Waals surface area contributed by atoms with Crippen LogP contribution < -0.4 is 5.32 Å². The Labute approximate surface area is 111 Å². The average Bonchev–Trinajstić information content (AvgIpc) is 2.30. The van der Waals surface area contributed by atoms with E-state index in [4.69, 9.17) is 4.98 Å². The molecule has 1 rings (SSSR count). The van der Waals surface area contributed by atoms with Crippen LogP contribution in [0.2, 0.25) is 0 Å². The van der Waals surface area contributed by atoms with E-state index in [9.17, 15) is 0 Å². The summed E-state index contributed by atoms with van der Waals surface area (Å²) in [5, 5.41) is 3.47. The molecule has 3 heteroatoms. The Kier molecular flexibility index (Phi) is 6.27. The van der Waals surface area contributed by atoms with E-state index in [1.165, 1.54) is 11.3 Å². The van der Waals surface area contributed by atoms with Gasteiger partial charge in [-0.3, -0.25) is 0 Å². The van der Waals surface area contributed by atoms with Gasteiger partial charge in [0.25, 0.3) is 0 Å². The van der Waals surface area contributed by atoms with Crippen LogP contribution >= 0.6 is 0 Å². The van der Waals surface area contributed by atoms with Crippen molar-refractivity contribution < 1.29 is 0 Å². The number of aromatic nitrogens is 2. The Hall–Kier alpha value is -0.960. The second kappa shape index (κ2) is 7.47. The van der Waals surface area contributed by atoms with Gasteiger partial charge in [0.1, 0.15) is 5.82 Å². The average molecular weight is 249 g/mol. The lowest BCUT2D eigenvalue weighted by molar-refractivity contribution is 0.547. The molecule has 102 valence electrons. The van der Waals surface area contributed by atoms with Crippen LogP contribution in [-0.2, 0) is 13.0 Å². The van der Waals surface area contributed by atoms with E-state index in [2.05, 4.69) is 44.9 Å². The van der Waals surface area contributed by atoms with Crippen molar-refractivity contribution in [1.29, 1.82) is 0 Å². The number of nitrogens with zero attached hydrogens (tertiary/aromatic N) is 2. The van der Waals surface area contributed by atoms with Crippen molar-refractivity contribution in [3.8, 4) is 0 Å². The monoisotopic (exact) mass is 249 g/mol. The first-order valence-corrected chi connectivity index (χ1v) is 7.10. The van der Waals surface area contributed by atoms with Gasteiger partial charge in [0, 0.05) is 24.7 Å². The first-order valence-electron chi connectivity index (χ1n) is 7.10. The summed E-state index contributed by atoms with van der Waals surface area (Å²) >= 11 is 0. The van der Waals surface area contributed by atoms with Crippen LogP contribution in [0.5, 0.6) is 0 Å². The highest BCUT2D eigenvalue weighted by Crippen LogP contribution is 2.17. The lowest BCUT2D eigenvalue weighted by atomic mass is 10.0. The molecule has 0 bridgehead atoms. The fourth-order valence-electron chi connectivity index (χ4n) is 1.93. The number of hydrogen-bond donors (Lipinski definition) is 1. The third kappa shape index (κ3) is 4.73. The molecule has 0 fully saturated rings. The van der Waals surface area contributed by atoms with Gasteiger partial charge < -0.3 is 5.32 Å². The van der Waals surface area contributed by atoms with Gasteiger partial charge in [0.2, 0.25) is 0 Å². The molecular weight excluding hydrogens is 222 g/mol. The quantitative estimate of drug-likeness (QED) is 0.805. The summed E-state index contributed by atoms with van der Waals surface area (Å²) in [4.78, 5) is 9.17. The predicted octanol–water partition coefficient (Wildman–Crippen LogP) is 3.30. The zero-order valence-corrected chi connectivity index (χ0v) is 12.5. The summed E-state index contributed by atoms with van der Waals surface area (Å²) in [5.41, 5.74) is 2.44. The topological polar surface area (TPSA) is 37.8 Å². The molecule has 3 nitrogen and oxygen atoms in total. The van der Waals surface area contributed by atoms with E-state index in [1.807, 2.05) is 6.20 Å². The first kappa shape index (κ1) is 15.1. The van der Waals surface area contributed by atoms with Gasteiger partial charge in [0.05, 0.1) is 5.69 Å². The highest BCUT2D eigenvalue weighted by Gasteiger charge is 2.10. The van der Waals surface area contributed by atoms with Gasteiger partial charge in [0.15, 0.2) is 0 Å². The van der Waals surface area contributed by atoms with Crippen LogP contribution in [0.3, 0.4) is 0 Å². The molecule has 0 radical (unpaired) electrons. The molecule has 18 heavy (non-hydrogen) atoms. The summed E-state index contributed by atoms with van der Waals surface area (Å²) in [6.07, 6.45) is 4.07. The summed E-state index contributed by atoms with van der Waals surface area (Å²) in [5.74, 6) is 2.11. The van der Waals surface area contributed by atoms with Crippen molar-refractivity contribution >= 4 is 0 Å². The van der Waals surface area contributed by atoms with E-state index in [0.29, 0.717) is 11.8 Å². The minimum atomic E-state index is 0.458. The van der Waals surface area contributed by atoms with E-state index in [-0.39, 0.29) is 0 Å². The number of rotatable bonds is 7. The molecule has 0 aromatic carbocycles. The van der Waals surface area contributed by atoms with Crippen molar-refractivity contribution in [3.05, 3.63) is 23.3 Å². The van der Waals surface area contributed by atoms with Crippen molar-refractivity contribution in [2.75, 3.05) is 6.54 Å². The molecule has 0 atom stereocenters. The predicted molar refractivity (Wildman–Crippen MR) is 76.7 cm³/mol. The van der Waals surface area contributed by atoms with Crippen molar-refractivity contribution in [2.24, 2.45) is 5.92 Å². The van der Waals surface area contributed by atoms with Gasteiger partial charge in [-0.15, -0.1) is 0 Å². The zero-order chi connectivity index (χ0) is 13.5. The molecule has 1 heterocycles. The molecule has 1 aromatic rings. The first-order chi connectivity index (χ1) is 8.54. The normalized spacial score (nSPS) is 11.5. The van der Waals surface area contributed by atoms with Crippen LogP contribution in [0.25, 0.3) is 0 Å². The van der Waals surface area contributed by atoms with Gasteiger partial charge in [-0.25, -0.2) is 9.97 Å². The summed E-state index contributed by atoms with van der Waals surface area (Å²) in [7, 11) is 0. The SMILES string of the molecule is CCCc1ncc(CNCC(C)C)c(C(C)C)n1. The highest BCUT2D eigenvalue weighted by atomic mass is 14.9. The maximum atomic E-state index is 4.71. The van der Waals surface area contributed by atoms with Crippen LogP contribution in [0.4, 0.5) is 0 Å². The standard InChI is InChI=1S/C15H27N3/c1-6-7-14-17-10-13(9-16-8-11(2)3)15(18-14)12(4)5/h10-12,16H,6-9H2,1-5H3. The van der Waals surface area contributed by atoms with Gasteiger partial charge in [-0.2, -0.15) is 0 Å². The Morgan fingerprint density at radius 2 is 1.94 bits per heavy atom. The second-order valence-corrected chi connectivity index (χ2v) is 5.63. The van der Waals surface area contributed by atoms with Crippen LogP contribution in [0.1, 0.15) is 64.0 Å². The van der Waals surface area contributed by atoms with Gasteiger partial charge in [-0.1, -0.05) is 34.6 Å². The highest BCUT2D eigenvalue weighted by molar-refractivity contribution is 5.20. The van der Waals surface area contributed by atoms with Crippen LogP contribution in [-0.4, -0.2) is 16.5 Å². The van der Waals surface area contributed by atoms with E-state index >= 15 is 0 Å². The summed E-state index contributed by atoms with van der Waals surface area (Å²) in [6.45, 7) is 12.9. The molecule has 0 aliphatic heterocycles. The Bertz CT molecular complexity index is 359. The molecule has 0 saturated carbocycles. The van der Waals surface area contributed by atoms with Crippen LogP contribution in [0.15, 0.2) is 6.20 Å². The van der Waals surface area contributed by atoms with E-state index in [0.717, 1.165) is 31.8 Å². The molecule has 0 amide bonds. The van der Waals surface area contributed by atoms with Gasteiger partial charge >= 0.3 is 0 Å². The third-order valence-electron chi connectivity index (χ3n) is 2.84. The van der Waals surface area contributed by atoms with Crippen molar-refractivity contribution in [3.63, 3.8) is 0 Å². The van der Waals surface area contributed by atoms with Crippen molar-refractivity contribution in [1.82, 2.24) is 15.3 Å². The fourth-order valence-corrected chi connectivity index (χ4v) is 1.93. The smallest absolute Gasteiger partial charge is 0.128 e. The van der Waals surface area contributed by atoms with E-state index < -0.39 is 0 Å². The molecule has 0 unspecified atom stereocenters. The Morgan fingerprint density at radius 3 is 2.50 bits per heavy atom. The minimum absolute atomic E-state index is 0.458. The molecular formula is C15H27N3. The largest absolute Gasteiger partial charge is 0.312 e. The number of nitrogens with one attached hydrogen (secondary N) is 1. The molecule has 0 aliphatic carbocycles. The Morgan fingerprint density at radius 1 is 1.22 bits per heavy atom. The number of aryl methyl sites for hydroxylation is 1. The third-order valence-corrected chi connectivity index (χ3v) is 2.84. The second-order valence-electron chi connectivity index (χ2n) is 5.63. The molecule has 0 aliphatic rings. The molecule has 0 saturated heterocycles. The van der Waals surface area contributed by atoms with Crippen LogP contribution in [0, 0.1) is 5.92 Å².